The molecule has 0 saturated heterocycles. The van der Waals surface area contributed by atoms with Crippen molar-refractivity contribution in [2.24, 2.45) is 5.10 Å². The number of hydrogen-bond donors (Lipinski definition) is 0. The van der Waals surface area contributed by atoms with Gasteiger partial charge >= 0.3 is 0 Å². The molecule has 0 aliphatic carbocycles. The van der Waals surface area contributed by atoms with Crippen LogP contribution >= 0.6 is 31.9 Å². The molecule has 7 nitrogen and oxygen atoms in total. The molecule has 0 spiro atoms. The molecule has 41 heavy (non-hydrogen) atoms. The first kappa shape index (κ1) is 27.0. The van der Waals surface area contributed by atoms with Crippen LogP contribution in [-0.4, -0.2) is 23.0 Å². The largest absolute Gasteiger partial charge is 0.493 e. The molecule has 204 valence electrons. The molecule has 0 N–H and O–H groups in total. The van der Waals surface area contributed by atoms with Gasteiger partial charge in [0.2, 0.25) is 5.82 Å². The van der Waals surface area contributed by atoms with Gasteiger partial charge in [-0.1, -0.05) is 57.9 Å². The first-order chi connectivity index (χ1) is 19.9. The zero-order valence-electron chi connectivity index (χ0n) is 22.1. The Morgan fingerprint density at radius 3 is 2.61 bits per heavy atom. The van der Waals surface area contributed by atoms with E-state index in [1.165, 1.54) is 10.2 Å². The van der Waals surface area contributed by atoms with Crippen molar-refractivity contribution in [2.45, 2.75) is 13.5 Å². The van der Waals surface area contributed by atoms with Gasteiger partial charge in [-0.25, -0.2) is 4.98 Å². The molecule has 0 fully saturated rings. The van der Waals surface area contributed by atoms with Gasteiger partial charge in [0.25, 0.3) is 5.56 Å². The summed E-state index contributed by atoms with van der Waals surface area (Å²) in [5, 5.41) is 5.90. The Kier molecular flexibility index (Phi) is 7.47. The van der Waals surface area contributed by atoms with E-state index in [1.807, 2.05) is 67.6 Å². The van der Waals surface area contributed by atoms with Crippen molar-refractivity contribution in [1.29, 1.82) is 0 Å². The van der Waals surface area contributed by atoms with Gasteiger partial charge in [-0.3, -0.25) is 4.79 Å². The monoisotopic (exact) mass is 671 g/mol. The molecular weight excluding hydrogens is 650 g/mol. The SMILES string of the molecule is COc1cc(C=Nn2c(-c3cc4cc(Br)ccc4o3)nc3ccccc3c2=O)cc(Br)c1OCc1ccc(C)cc1. The van der Waals surface area contributed by atoms with E-state index in [0.717, 1.165) is 15.4 Å². The van der Waals surface area contributed by atoms with E-state index >= 15 is 0 Å². The number of methoxy groups -OCH3 is 1. The Labute approximate surface area is 252 Å². The summed E-state index contributed by atoms with van der Waals surface area (Å²) in [7, 11) is 1.58. The minimum atomic E-state index is -0.312. The minimum Gasteiger partial charge on any atom is -0.493 e. The molecule has 0 aliphatic rings. The maximum Gasteiger partial charge on any atom is 0.282 e. The van der Waals surface area contributed by atoms with Crippen molar-refractivity contribution in [3.05, 3.63) is 121 Å². The van der Waals surface area contributed by atoms with Crippen LogP contribution in [0.25, 0.3) is 33.5 Å². The highest BCUT2D eigenvalue weighted by Crippen LogP contribution is 2.37. The number of rotatable bonds is 7. The molecule has 2 aromatic heterocycles. The lowest BCUT2D eigenvalue weighted by Crippen LogP contribution is -2.20. The second kappa shape index (κ2) is 11.3. The summed E-state index contributed by atoms with van der Waals surface area (Å²) in [5.74, 6) is 1.82. The number of benzene rings is 4. The van der Waals surface area contributed by atoms with E-state index < -0.39 is 0 Å². The van der Waals surface area contributed by atoms with Crippen LogP contribution in [0.4, 0.5) is 0 Å². The molecule has 6 aromatic rings. The predicted molar refractivity (Wildman–Crippen MR) is 168 cm³/mol. The Balaban J connectivity index is 1.39. The number of nitrogens with zero attached hydrogens (tertiary/aromatic N) is 3. The van der Waals surface area contributed by atoms with E-state index in [9.17, 15) is 4.79 Å². The molecule has 0 bridgehead atoms. The number of aryl methyl sites for hydroxylation is 1. The summed E-state index contributed by atoms with van der Waals surface area (Å²) in [6, 6.07) is 26.5. The van der Waals surface area contributed by atoms with E-state index in [1.54, 1.807) is 37.6 Å². The molecule has 0 radical (unpaired) electrons. The number of halogens is 2. The van der Waals surface area contributed by atoms with Crippen LogP contribution in [0.3, 0.4) is 0 Å². The van der Waals surface area contributed by atoms with Crippen LogP contribution in [0, 0.1) is 6.92 Å². The standard InChI is InChI=1S/C32H23Br2N3O4/c1-19-7-9-20(10-8-19)18-40-30-25(34)13-21(14-28(30)39-2)17-35-37-31(36-26-6-4-3-5-24(26)32(37)38)29-16-22-15-23(33)11-12-27(22)41-29/h3-17H,18H2,1-2H3. The zero-order chi connectivity index (χ0) is 28.5. The van der Waals surface area contributed by atoms with Crippen LogP contribution in [0.2, 0.25) is 0 Å². The van der Waals surface area contributed by atoms with Crippen molar-refractivity contribution in [3.63, 3.8) is 0 Å². The van der Waals surface area contributed by atoms with Gasteiger partial charge < -0.3 is 13.9 Å². The molecule has 2 heterocycles. The smallest absolute Gasteiger partial charge is 0.282 e. The van der Waals surface area contributed by atoms with Crippen molar-refractivity contribution in [2.75, 3.05) is 7.11 Å². The van der Waals surface area contributed by atoms with Crippen molar-refractivity contribution >= 4 is 59.9 Å². The summed E-state index contributed by atoms with van der Waals surface area (Å²) in [6.07, 6.45) is 1.58. The Bertz CT molecular complexity index is 2000. The summed E-state index contributed by atoms with van der Waals surface area (Å²) in [5.41, 5.74) is 3.84. The second-order valence-corrected chi connectivity index (χ2v) is 11.2. The van der Waals surface area contributed by atoms with E-state index in [4.69, 9.17) is 18.9 Å². The molecule has 4 aromatic carbocycles. The zero-order valence-corrected chi connectivity index (χ0v) is 25.3. The third-order valence-electron chi connectivity index (χ3n) is 6.53. The van der Waals surface area contributed by atoms with Gasteiger partial charge in [0.15, 0.2) is 17.3 Å². The van der Waals surface area contributed by atoms with Crippen LogP contribution in [0.15, 0.2) is 108 Å². The Morgan fingerprint density at radius 1 is 1.00 bits per heavy atom. The molecular formula is C32H23Br2N3O4. The fraction of sp³-hybridized carbons (Fsp3) is 0.0938. The lowest BCUT2D eigenvalue weighted by atomic mass is 10.2. The highest BCUT2D eigenvalue weighted by Gasteiger charge is 2.17. The summed E-state index contributed by atoms with van der Waals surface area (Å²) < 4.78 is 20.7. The molecule has 0 aliphatic heterocycles. The lowest BCUT2D eigenvalue weighted by Gasteiger charge is -2.14. The Hall–Kier alpha value is -4.21. The van der Waals surface area contributed by atoms with E-state index in [2.05, 4.69) is 37.0 Å². The topological polar surface area (TPSA) is 78.9 Å². The Morgan fingerprint density at radius 2 is 1.80 bits per heavy atom. The quantitative estimate of drug-likeness (QED) is 0.160. The highest BCUT2D eigenvalue weighted by atomic mass is 79.9. The van der Waals surface area contributed by atoms with Gasteiger partial charge in [0.05, 0.1) is 28.7 Å². The predicted octanol–water partition coefficient (Wildman–Crippen LogP) is 8.11. The van der Waals surface area contributed by atoms with Crippen LogP contribution in [-0.2, 0) is 6.61 Å². The van der Waals surface area contributed by atoms with Gasteiger partial charge in [-0.05, 0) is 82.5 Å². The minimum absolute atomic E-state index is 0.293. The third kappa shape index (κ3) is 5.55. The van der Waals surface area contributed by atoms with Gasteiger partial charge in [0.1, 0.15) is 12.2 Å². The summed E-state index contributed by atoms with van der Waals surface area (Å²) in [4.78, 5) is 18.4. The number of aromatic nitrogens is 2. The van der Waals surface area contributed by atoms with Gasteiger partial charge in [-0.15, -0.1) is 0 Å². The van der Waals surface area contributed by atoms with Crippen LogP contribution < -0.4 is 15.0 Å². The van der Waals surface area contributed by atoms with Crippen molar-refractivity contribution < 1.29 is 13.9 Å². The summed E-state index contributed by atoms with van der Waals surface area (Å²) in [6.45, 7) is 2.43. The number of para-hydroxylation sites is 1. The molecule has 9 heteroatoms. The van der Waals surface area contributed by atoms with Gasteiger partial charge in [-0.2, -0.15) is 9.78 Å². The van der Waals surface area contributed by atoms with Crippen LogP contribution in [0.1, 0.15) is 16.7 Å². The molecule has 0 amide bonds. The molecule has 6 rings (SSSR count). The fourth-order valence-electron chi connectivity index (χ4n) is 4.43. The third-order valence-corrected chi connectivity index (χ3v) is 7.61. The molecule has 0 atom stereocenters. The maximum absolute atomic E-state index is 13.6. The highest BCUT2D eigenvalue weighted by molar-refractivity contribution is 9.10. The average Bonchev–Trinajstić information content (AvgIpc) is 3.39. The molecule has 0 saturated carbocycles. The normalized spacial score (nSPS) is 11.5. The van der Waals surface area contributed by atoms with Gasteiger partial charge in [0, 0.05) is 9.86 Å². The number of fused-ring (bicyclic) bond motifs is 2. The first-order valence-electron chi connectivity index (χ1n) is 12.7. The van der Waals surface area contributed by atoms with Crippen LogP contribution in [0.5, 0.6) is 11.5 Å². The number of ether oxygens (including phenoxy) is 2. The molecule has 0 unspecified atom stereocenters. The van der Waals surface area contributed by atoms with E-state index in [-0.39, 0.29) is 5.56 Å². The fourth-order valence-corrected chi connectivity index (χ4v) is 5.39. The van der Waals surface area contributed by atoms with E-state index in [0.29, 0.717) is 56.2 Å². The number of hydrogen-bond acceptors (Lipinski definition) is 6. The van der Waals surface area contributed by atoms with Crippen molar-refractivity contribution in [3.8, 4) is 23.1 Å². The average molecular weight is 673 g/mol. The number of furan rings is 1. The maximum atomic E-state index is 13.6. The van der Waals surface area contributed by atoms with Crippen molar-refractivity contribution in [1.82, 2.24) is 9.66 Å². The lowest BCUT2D eigenvalue weighted by molar-refractivity contribution is 0.282. The summed E-state index contributed by atoms with van der Waals surface area (Å²) >= 11 is 7.10. The first-order valence-corrected chi connectivity index (χ1v) is 14.3. The second-order valence-electron chi connectivity index (χ2n) is 9.42.